The first-order chi connectivity index (χ1) is 9.24. The maximum atomic E-state index is 5.67. The van der Waals surface area contributed by atoms with Crippen LogP contribution in [0.25, 0.3) is 0 Å². The van der Waals surface area contributed by atoms with Gasteiger partial charge in [0.15, 0.2) is 11.5 Å². The van der Waals surface area contributed by atoms with E-state index >= 15 is 0 Å². The Morgan fingerprint density at radius 1 is 1.26 bits per heavy atom. The van der Waals surface area contributed by atoms with E-state index in [0.29, 0.717) is 19.3 Å². The fourth-order valence-corrected chi connectivity index (χ4v) is 2.40. The third-order valence-corrected chi connectivity index (χ3v) is 3.58. The van der Waals surface area contributed by atoms with Crippen molar-refractivity contribution < 1.29 is 14.2 Å². The van der Waals surface area contributed by atoms with E-state index in [1.807, 2.05) is 6.07 Å². The third kappa shape index (κ3) is 4.37. The van der Waals surface area contributed by atoms with Gasteiger partial charge in [0.1, 0.15) is 6.61 Å². The monoisotopic (exact) mass is 329 g/mol. The van der Waals surface area contributed by atoms with Crippen molar-refractivity contribution in [3.8, 4) is 11.5 Å². The van der Waals surface area contributed by atoms with Crippen molar-refractivity contribution >= 4 is 15.9 Å². The Labute approximate surface area is 122 Å². The van der Waals surface area contributed by atoms with Crippen LogP contribution in [0.4, 0.5) is 0 Å². The van der Waals surface area contributed by atoms with E-state index in [-0.39, 0.29) is 0 Å². The van der Waals surface area contributed by atoms with Crippen LogP contribution in [0.5, 0.6) is 11.5 Å². The second-order valence-corrected chi connectivity index (χ2v) is 5.46. The number of nitrogens with one attached hydrogen (secondary N) is 1. The molecule has 0 unspecified atom stereocenters. The van der Waals surface area contributed by atoms with E-state index < -0.39 is 0 Å². The Balaban J connectivity index is 2.04. The first kappa shape index (κ1) is 14.6. The molecule has 4 nitrogen and oxygen atoms in total. The zero-order valence-electron chi connectivity index (χ0n) is 11.4. The number of rotatable bonds is 8. The minimum atomic E-state index is 0.505. The van der Waals surface area contributed by atoms with Crippen molar-refractivity contribution in [1.29, 1.82) is 0 Å². The number of methoxy groups -OCH3 is 2. The molecular weight excluding hydrogens is 310 g/mol. The minimum absolute atomic E-state index is 0.505. The number of hydrogen-bond acceptors (Lipinski definition) is 4. The van der Waals surface area contributed by atoms with Gasteiger partial charge in [-0.15, -0.1) is 0 Å². The Bertz CT molecular complexity index is 421. The summed E-state index contributed by atoms with van der Waals surface area (Å²) in [6.07, 6.45) is 2.58. The number of benzene rings is 1. The molecule has 0 heterocycles. The SMILES string of the molecule is COCCOc1c(Br)cc(CNC2CC2)cc1OC. The highest BCUT2D eigenvalue weighted by Crippen LogP contribution is 2.36. The van der Waals surface area contributed by atoms with E-state index in [0.717, 1.165) is 22.5 Å². The van der Waals surface area contributed by atoms with E-state index in [9.17, 15) is 0 Å². The van der Waals surface area contributed by atoms with Crippen LogP contribution < -0.4 is 14.8 Å². The average Bonchev–Trinajstić information content (AvgIpc) is 3.22. The summed E-state index contributed by atoms with van der Waals surface area (Å²) in [5.41, 5.74) is 1.19. The predicted molar refractivity (Wildman–Crippen MR) is 77.9 cm³/mol. The molecule has 1 aliphatic carbocycles. The summed E-state index contributed by atoms with van der Waals surface area (Å²) in [5, 5.41) is 3.49. The zero-order chi connectivity index (χ0) is 13.7. The molecule has 1 fully saturated rings. The molecule has 0 radical (unpaired) electrons. The fourth-order valence-electron chi connectivity index (χ4n) is 1.79. The molecule has 0 spiro atoms. The lowest BCUT2D eigenvalue weighted by Crippen LogP contribution is -2.15. The highest BCUT2D eigenvalue weighted by atomic mass is 79.9. The lowest BCUT2D eigenvalue weighted by molar-refractivity contribution is 0.143. The third-order valence-electron chi connectivity index (χ3n) is 3.00. The second-order valence-electron chi connectivity index (χ2n) is 4.61. The van der Waals surface area contributed by atoms with Gasteiger partial charge in [0.25, 0.3) is 0 Å². The highest BCUT2D eigenvalue weighted by Gasteiger charge is 2.20. The van der Waals surface area contributed by atoms with Crippen molar-refractivity contribution in [2.45, 2.75) is 25.4 Å². The maximum Gasteiger partial charge on any atom is 0.175 e. The Morgan fingerprint density at radius 2 is 2.05 bits per heavy atom. The molecule has 5 heteroatoms. The van der Waals surface area contributed by atoms with Crippen LogP contribution in [0.15, 0.2) is 16.6 Å². The molecule has 2 rings (SSSR count). The molecule has 0 bridgehead atoms. The maximum absolute atomic E-state index is 5.67. The number of halogens is 1. The molecule has 19 heavy (non-hydrogen) atoms. The highest BCUT2D eigenvalue weighted by molar-refractivity contribution is 9.10. The quantitative estimate of drug-likeness (QED) is 0.744. The van der Waals surface area contributed by atoms with Crippen LogP contribution in [0.3, 0.4) is 0 Å². The van der Waals surface area contributed by atoms with Crippen molar-refractivity contribution in [2.24, 2.45) is 0 Å². The first-order valence-corrected chi connectivity index (χ1v) is 7.25. The normalized spacial score (nSPS) is 14.5. The van der Waals surface area contributed by atoms with Crippen LogP contribution in [0, 0.1) is 0 Å². The van der Waals surface area contributed by atoms with Gasteiger partial charge in [-0.1, -0.05) is 0 Å². The van der Waals surface area contributed by atoms with Gasteiger partial charge in [-0.2, -0.15) is 0 Å². The summed E-state index contributed by atoms with van der Waals surface area (Å²) in [6.45, 7) is 1.92. The van der Waals surface area contributed by atoms with Crippen LogP contribution in [0.2, 0.25) is 0 Å². The molecule has 0 saturated heterocycles. The van der Waals surface area contributed by atoms with Gasteiger partial charge in [-0.3, -0.25) is 0 Å². The minimum Gasteiger partial charge on any atom is -0.493 e. The summed E-state index contributed by atoms with van der Waals surface area (Å²) in [5.74, 6) is 1.48. The lowest BCUT2D eigenvalue weighted by atomic mass is 10.2. The molecule has 1 aliphatic rings. The molecule has 0 aromatic heterocycles. The lowest BCUT2D eigenvalue weighted by Gasteiger charge is -2.14. The number of hydrogen-bond donors (Lipinski definition) is 1. The van der Waals surface area contributed by atoms with Gasteiger partial charge in [-0.25, -0.2) is 0 Å². The molecule has 106 valence electrons. The molecule has 1 saturated carbocycles. The Morgan fingerprint density at radius 3 is 2.68 bits per heavy atom. The smallest absolute Gasteiger partial charge is 0.175 e. The molecular formula is C14H20BrNO3. The van der Waals surface area contributed by atoms with Crippen molar-refractivity contribution in [2.75, 3.05) is 27.4 Å². The van der Waals surface area contributed by atoms with Crippen molar-refractivity contribution in [1.82, 2.24) is 5.32 Å². The van der Waals surface area contributed by atoms with Gasteiger partial charge in [-0.05, 0) is 46.5 Å². The van der Waals surface area contributed by atoms with E-state index in [1.54, 1.807) is 14.2 Å². The summed E-state index contributed by atoms with van der Waals surface area (Å²) < 4.78 is 17.0. The van der Waals surface area contributed by atoms with Crippen LogP contribution in [-0.2, 0) is 11.3 Å². The first-order valence-electron chi connectivity index (χ1n) is 6.46. The van der Waals surface area contributed by atoms with E-state index in [2.05, 4.69) is 27.3 Å². The summed E-state index contributed by atoms with van der Waals surface area (Å²) in [7, 11) is 3.31. The second kappa shape index (κ2) is 7.12. The fraction of sp³-hybridized carbons (Fsp3) is 0.571. The molecule has 0 atom stereocenters. The molecule has 1 aromatic rings. The zero-order valence-corrected chi connectivity index (χ0v) is 13.0. The van der Waals surface area contributed by atoms with Crippen LogP contribution in [0.1, 0.15) is 18.4 Å². The van der Waals surface area contributed by atoms with E-state index in [4.69, 9.17) is 14.2 Å². The summed E-state index contributed by atoms with van der Waals surface area (Å²) in [6, 6.07) is 4.78. The summed E-state index contributed by atoms with van der Waals surface area (Å²) in [4.78, 5) is 0. The Kier molecular flexibility index (Phi) is 5.48. The molecule has 1 N–H and O–H groups in total. The topological polar surface area (TPSA) is 39.7 Å². The molecule has 0 amide bonds. The van der Waals surface area contributed by atoms with Gasteiger partial charge in [0.05, 0.1) is 18.2 Å². The van der Waals surface area contributed by atoms with Gasteiger partial charge >= 0.3 is 0 Å². The van der Waals surface area contributed by atoms with Crippen molar-refractivity contribution in [3.05, 3.63) is 22.2 Å². The molecule has 1 aromatic carbocycles. The van der Waals surface area contributed by atoms with Crippen molar-refractivity contribution in [3.63, 3.8) is 0 Å². The van der Waals surface area contributed by atoms with Gasteiger partial charge < -0.3 is 19.5 Å². The largest absolute Gasteiger partial charge is 0.493 e. The summed E-state index contributed by atoms with van der Waals surface area (Å²) >= 11 is 3.54. The van der Waals surface area contributed by atoms with Crippen LogP contribution in [-0.4, -0.2) is 33.5 Å². The molecule has 0 aliphatic heterocycles. The number of ether oxygens (including phenoxy) is 3. The van der Waals surface area contributed by atoms with Gasteiger partial charge in [0, 0.05) is 19.7 Å². The standard InChI is InChI=1S/C14H20BrNO3/c1-17-5-6-19-14-12(15)7-10(8-13(14)18-2)9-16-11-3-4-11/h7-8,11,16H,3-6,9H2,1-2H3. The van der Waals surface area contributed by atoms with Gasteiger partial charge in [0.2, 0.25) is 0 Å². The van der Waals surface area contributed by atoms with Crippen LogP contribution >= 0.6 is 15.9 Å². The predicted octanol–water partition coefficient (Wildman–Crippen LogP) is 2.73. The average molecular weight is 330 g/mol. The Hall–Kier alpha value is -0.780. The van der Waals surface area contributed by atoms with E-state index in [1.165, 1.54) is 18.4 Å².